The molecule has 1 aliphatic rings. The van der Waals surface area contributed by atoms with Crippen LogP contribution in [-0.4, -0.2) is 44.3 Å². The molecule has 0 bridgehead atoms. The van der Waals surface area contributed by atoms with Crippen LogP contribution in [0, 0.1) is 0 Å². The van der Waals surface area contributed by atoms with Crippen molar-refractivity contribution in [3.05, 3.63) is 83.8 Å². The molecule has 0 radical (unpaired) electrons. The van der Waals surface area contributed by atoms with Gasteiger partial charge in [-0.25, -0.2) is 14.6 Å². The molecule has 0 unspecified atom stereocenters. The number of rotatable bonds is 10. The average Bonchev–Trinajstić information content (AvgIpc) is 3.34. The molecule has 1 aliphatic carbocycles. The van der Waals surface area contributed by atoms with Gasteiger partial charge in [-0.3, -0.25) is 0 Å². The Morgan fingerprint density at radius 2 is 1.33 bits per heavy atom. The number of aliphatic carboxylic acids is 2. The highest BCUT2D eigenvalue weighted by Crippen LogP contribution is 2.30. The first kappa shape index (κ1) is 26.9. The highest BCUT2D eigenvalue weighted by atomic mass is 16.6. The number of hydrogen-bond donors (Lipinski definition) is 4. The van der Waals surface area contributed by atoms with E-state index in [0.29, 0.717) is 11.7 Å². The summed E-state index contributed by atoms with van der Waals surface area (Å²) in [6.45, 7) is -0.0352. The van der Waals surface area contributed by atoms with Crippen LogP contribution in [-0.2, 0) is 32.3 Å². The van der Waals surface area contributed by atoms with Crippen molar-refractivity contribution >= 4 is 17.8 Å². The fourth-order valence-electron chi connectivity index (χ4n) is 4.03. The van der Waals surface area contributed by atoms with Gasteiger partial charge < -0.3 is 30.4 Å². The Morgan fingerprint density at radius 1 is 0.861 bits per heavy atom. The lowest BCUT2D eigenvalue weighted by Gasteiger charge is -2.21. The van der Waals surface area contributed by atoms with E-state index in [0.717, 1.165) is 17.0 Å². The Bertz CT molecular complexity index is 1010. The summed E-state index contributed by atoms with van der Waals surface area (Å²) in [5.41, 5.74) is 7.04. The Balaban J connectivity index is 0.000000249. The van der Waals surface area contributed by atoms with Gasteiger partial charge in [-0.15, -0.1) is 0 Å². The van der Waals surface area contributed by atoms with Crippen LogP contribution in [0.3, 0.4) is 0 Å². The predicted octanol–water partition coefficient (Wildman–Crippen LogP) is 4.37. The number of nitrogens with two attached hydrogens (primary N) is 1. The van der Waals surface area contributed by atoms with Crippen LogP contribution in [0.2, 0.25) is 0 Å². The number of nitrogen functional groups attached to an aromatic ring is 1. The molecule has 1 fully saturated rings. The summed E-state index contributed by atoms with van der Waals surface area (Å²) in [5, 5.41) is 18.6. The van der Waals surface area contributed by atoms with Gasteiger partial charge in [-0.1, -0.05) is 79.9 Å². The zero-order valence-corrected chi connectivity index (χ0v) is 20.1. The third kappa shape index (κ3) is 8.51. The van der Waals surface area contributed by atoms with Gasteiger partial charge >= 0.3 is 11.9 Å². The van der Waals surface area contributed by atoms with Gasteiger partial charge in [-0.2, -0.15) is 0 Å². The topological polar surface area (TPSA) is 148 Å². The number of nitrogens with zero attached hydrogens (tertiary/aromatic N) is 1. The normalized spacial score (nSPS) is 15.3. The Labute approximate surface area is 210 Å². The van der Waals surface area contributed by atoms with Gasteiger partial charge in [0.05, 0.1) is 13.2 Å². The number of anilines is 1. The molecule has 0 amide bonds. The minimum atomic E-state index is -1.61. The number of nitrogens with one attached hydrogen (secondary N) is 1. The number of carboxylic acid groups (broad SMARTS) is 2. The number of aromatic amines is 1. The number of imidazole rings is 1. The first-order valence-electron chi connectivity index (χ1n) is 12.0. The maximum Gasteiger partial charge on any atom is 0.336 e. The van der Waals surface area contributed by atoms with Crippen molar-refractivity contribution in [2.75, 3.05) is 5.73 Å². The van der Waals surface area contributed by atoms with Gasteiger partial charge in [0.25, 0.3) is 0 Å². The molecule has 9 nitrogen and oxygen atoms in total. The van der Waals surface area contributed by atoms with Crippen LogP contribution < -0.4 is 5.73 Å². The van der Waals surface area contributed by atoms with Gasteiger partial charge in [0, 0.05) is 12.1 Å². The summed E-state index contributed by atoms with van der Waals surface area (Å²) >= 11 is 0. The molecule has 4 rings (SSSR count). The molecule has 2 atom stereocenters. The van der Waals surface area contributed by atoms with Crippen LogP contribution in [0.5, 0.6) is 0 Å². The van der Waals surface area contributed by atoms with Crippen molar-refractivity contribution in [3.8, 4) is 0 Å². The first-order chi connectivity index (χ1) is 17.4. The second-order valence-corrected chi connectivity index (χ2v) is 8.66. The number of hydrogen-bond acceptors (Lipinski definition) is 6. The second-order valence-electron chi connectivity index (χ2n) is 8.66. The molecule has 5 N–H and O–H groups in total. The zero-order valence-electron chi connectivity index (χ0n) is 20.1. The molecule has 1 saturated carbocycles. The third-order valence-electron chi connectivity index (χ3n) is 5.92. The first-order valence-corrected chi connectivity index (χ1v) is 12.0. The highest BCUT2D eigenvalue weighted by Gasteiger charge is 2.36. The molecule has 1 aromatic heterocycles. The van der Waals surface area contributed by atoms with E-state index in [-0.39, 0.29) is 13.2 Å². The number of carboxylic acids is 2. The fraction of sp³-hybridized carbons (Fsp3) is 0.370. The minimum absolute atomic E-state index is 0.0176. The van der Waals surface area contributed by atoms with Crippen LogP contribution in [0.15, 0.2) is 66.9 Å². The van der Waals surface area contributed by atoms with Crippen molar-refractivity contribution in [2.45, 2.75) is 63.4 Å². The molecule has 1 heterocycles. The van der Waals surface area contributed by atoms with E-state index in [1.807, 2.05) is 12.1 Å². The molecule has 192 valence electrons. The third-order valence-corrected chi connectivity index (χ3v) is 5.92. The highest BCUT2D eigenvalue weighted by molar-refractivity contribution is 5.83. The van der Waals surface area contributed by atoms with Gasteiger partial charge in [0.15, 0.2) is 12.2 Å². The molecule has 9 heteroatoms. The molecule has 0 spiro atoms. The van der Waals surface area contributed by atoms with Crippen molar-refractivity contribution in [1.29, 1.82) is 0 Å². The monoisotopic (exact) mass is 495 g/mol. The van der Waals surface area contributed by atoms with E-state index in [2.05, 4.69) is 9.97 Å². The number of H-pyrrole nitrogens is 1. The molecular formula is C27H33N3O6. The van der Waals surface area contributed by atoms with Gasteiger partial charge in [-0.05, 0) is 24.0 Å². The SMILES string of the molecule is Nc1c[nH]c(C2CCCCC2)n1.O=C(O)[C@@H](OCc1ccccc1)[C@H](OCc1ccccc1)C(=O)O. The molecular weight excluding hydrogens is 462 g/mol. The predicted molar refractivity (Wildman–Crippen MR) is 134 cm³/mol. The maximum absolute atomic E-state index is 11.4. The Morgan fingerprint density at radius 3 is 1.72 bits per heavy atom. The lowest BCUT2D eigenvalue weighted by Crippen LogP contribution is -2.43. The van der Waals surface area contributed by atoms with Crippen LogP contribution in [0.1, 0.15) is 55.0 Å². The summed E-state index contributed by atoms with van der Waals surface area (Å²) in [7, 11) is 0. The standard InChI is InChI=1S/C18H18O6.C9H15N3/c19-17(20)15(23-11-13-7-3-1-4-8-13)16(18(21)22)24-12-14-9-5-2-6-10-14;10-8-6-11-9(12-8)7-4-2-1-3-5-7/h1-10,15-16H,11-12H2,(H,19,20)(H,21,22);6-7H,1-5,10H2,(H,11,12)/t15-,16-;/m0./s1. The van der Waals surface area contributed by atoms with Crippen molar-refractivity contribution in [2.24, 2.45) is 0 Å². The van der Waals surface area contributed by atoms with Crippen molar-refractivity contribution < 1.29 is 29.3 Å². The molecule has 36 heavy (non-hydrogen) atoms. The lowest BCUT2D eigenvalue weighted by atomic mass is 9.89. The van der Waals surface area contributed by atoms with Crippen molar-refractivity contribution in [3.63, 3.8) is 0 Å². The number of benzene rings is 2. The van der Waals surface area contributed by atoms with E-state index in [1.54, 1.807) is 54.7 Å². The number of ether oxygens (including phenoxy) is 2. The van der Waals surface area contributed by atoms with E-state index in [9.17, 15) is 19.8 Å². The summed E-state index contributed by atoms with van der Waals surface area (Å²) in [6.07, 6.45) is 5.17. The van der Waals surface area contributed by atoms with Crippen LogP contribution in [0.25, 0.3) is 0 Å². The van der Waals surface area contributed by atoms with Gasteiger partial charge in [0.2, 0.25) is 0 Å². The summed E-state index contributed by atoms with van der Waals surface area (Å²) in [5.74, 6) is -0.420. The van der Waals surface area contributed by atoms with Crippen molar-refractivity contribution in [1.82, 2.24) is 9.97 Å². The van der Waals surface area contributed by atoms with E-state index in [1.165, 1.54) is 32.1 Å². The summed E-state index contributed by atoms with van der Waals surface area (Å²) < 4.78 is 10.6. The zero-order chi connectivity index (χ0) is 25.8. The smallest absolute Gasteiger partial charge is 0.336 e. The van der Waals surface area contributed by atoms with E-state index < -0.39 is 24.1 Å². The fourth-order valence-corrected chi connectivity index (χ4v) is 4.03. The lowest BCUT2D eigenvalue weighted by molar-refractivity contribution is -0.179. The number of carbonyl (C=O) groups is 2. The average molecular weight is 496 g/mol. The molecule has 2 aromatic carbocycles. The van der Waals surface area contributed by atoms with E-state index >= 15 is 0 Å². The Kier molecular flexibility index (Phi) is 10.5. The number of aromatic nitrogens is 2. The van der Waals surface area contributed by atoms with Gasteiger partial charge in [0.1, 0.15) is 11.6 Å². The summed E-state index contributed by atoms with van der Waals surface area (Å²) in [4.78, 5) is 30.2. The Hall–Kier alpha value is -3.69. The van der Waals surface area contributed by atoms with E-state index in [4.69, 9.17) is 15.2 Å². The quantitative estimate of drug-likeness (QED) is 0.324. The molecule has 3 aromatic rings. The molecule has 0 saturated heterocycles. The maximum atomic E-state index is 11.4. The van der Waals surface area contributed by atoms with Crippen LogP contribution >= 0.6 is 0 Å². The van der Waals surface area contributed by atoms with Crippen LogP contribution in [0.4, 0.5) is 5.82 Å². The summed E-state index contributed by atoms with van der Waals surface area (Å²) in [6, 6.07) is 17.8. The second kappa shape index (κ2) is 14.0. The molecule has 0 aliphatic heterocycles. The largest absolute Gasteiger partial charge is 0.479 e. The minimum Gasteiger partial charge on any atom is -0.479 e.